The highest BCUT2D eigenvalue weighted by Crippen LogP contribution is 2.33. The number of benzene rings is 3. The second-order valence-electron chi connectivity index (χ2n) is 8.63. The van der Waals surface area contributed by atoms with E-state index < -0.39 is 12.0 Å². The van der Waals surface area contributed by atoms with Crippen molar-refractivity contribution in [3.63, 3.8) is 0 Å². The molecule has 1 aliphatic heterocycles. The van der Waals surface area contributed by atoms with E-state index in [2.05, 4.69) is 15.8 Å². The lowest BCUT2D eigenvalue weighted by Gasteiger charge is -2.15. The number of aromatic carboxylic acids is 1. The van der Waals surface area contributed by atoms with E-state index in [0.717, 1.165) is 41.2 Å². The SMILES string of the molecule is CCCN1C(=O)/C(=N\NC(=O)Nc2cccc(Cl)c2)c2cc(SCCCc3ccc(C(=O)O)cc3)ccc21. The summed E-state index contributed by atoms with van der Waals surface area (Å²) in [5, 5.41) is 16.3. The Balaban J connectivity index is 1.41. The molecule has 3 N–H and O–H groups in total. The number of carbonyl (C=O) groups excluding carboxylic acids is 2. The number of aryl methyl sites for hydroxylation is 1. The van der Waals surface area contributed by atoms with Gasteiger partial charge in [-0.15, -0.1) is 11.8 Å². The minimum absolute atomic E-state index is 0.190. The zero-order valence-electron chi connectivity index (χ0n) is 20.7. The molecular weight excluding hydrogens is 524 g/mol. The zero-order valence-corrected chi connectivity index (χ0v) is 22.3. The molecule has 3 aromatic carbocycles. The maximum Gasteiger partial charge on any atom is 0.339 e. The highest BCUT2D eigenvalue weighted by atomic mass is 35.5. The van der Waals surface area contributed by atoms with Gasteiger partial charge < -0.3 is 15.3 Å². The summed E-state index contributed by atoms with van der Waals surface area (Å²) >= 11 is 7.63. The lowest BCUT2D eigenvalue weighted by atomic mass is 10.1. The highest BCUT2D eigenvalue weighted by Gasteiger charge is 2.34. The van der Waals surface area contributed by atoms with Crippen molar-refractivity contribution in [1.29, 1.82) is 0 Å². The van der Waals surface area contributed by atoms with Gasteiger partial charge >= 0.3 is 12.0 Å². The van der Waals surface area contributed by atoms with Crippen LogP contribution in [0.4, 0.5) is 16.2 Å². The van der Waals surface area contributed by atoms with Crippen molar-refractivity contribution in [2.45, 2.75) is 31.1 Å². The van der Waals surface area contributed by atoms with Gasteiger partial charge in [-0.1, -0.05) is 36.7 Å². The first-order valence-electron chi connectivity index (χ1n) is 12.2. The monoisotopic (exact) mass is 550 g/mol. The van der Waals surface area contributed by atoms with Crippen LogP contribution in [-0.2, 0) is 11.2 Å². The number of halogens is 1. The van der Waals surface area contributed by atoms with Crippen molar-refractivity contribution < 1.29 is 19.5 Å². The number of amides is 3. The summed E-state index contributed by atoms with van der Waals surface area (Å²) in [6.07, 6.45) is 2.52. The smallest absolute Gasteiger partial charge is 0.339 e. The number of nitrogens with zero attached hydrogens (tertiary/aromatic N) is 2. The number of hydrazone groups is 1. The van der Waals surface area contributed by atoms with E-state index in [0.29, 0.717) is 22.8 Å². The summed E-state index contributed by atoms with van der Waals surface area (Å²) in [6, 6.07) is 18.9. The second-order valence-corrected chi connectivity index (χ2v) is 10.2. The summed E-state index contributed by atoms with van der Waals surface area (Å²) in [6.45, 7) is 2.55. The first-order chi connectivity index (χ1) is 18.4. The lowest BCUT2D eigenvalue weighted by Crippen LogP contribution is -2.33. The summed E-state index contributed by atoms with van der Waals surface area (Å²) in [7, 11) is 0. The molecule has 196 valence electrons. The fraction of sp³-hybridized carbons (Fsp3) is 0.214. The molecule has 0 spiro atoms. The predicted octanol–water partition coefficient (Wildman–Crippen LogP) is 6.05. The van der Waals surface area contributed by atoms with Crippen molar-refractivity contribution in [1.82, 2.24) is 5.43 Å². The summed E-state index contributed by atoms with van der Waals surface area (Å²) in [5.41, 5.74) is 5.95. The van der Waals surface area contributed by atoms with E-state index in [9.17, 15) is 14.4 Å². The van der Waals surface area contributed by atoms with Crippen molar-refractivity contribution in [3.8, 4) is 0 Å². The normalized spacial score (nSPS) is 13.5. The Morgan fingerprint density at radius 3 is 2.58 bits per heavy atom. The van der Waals surface area contributed by atoms with Gasteiger partial charge in [-0.2, -0.15) is 5.10 Å². The molecule has 0 fully saturated rings. The number of fused-ring (bicyclic) bond motifs is 1. The van der Waals surface area contributed by atoms with Gasteiger partial charge in [0.15, 0.2) is 5.71 Å². The van der Waals surface area contributed by atoms with Crippen molar-refractivity contribution in [2.75, 3.05) is 22.5 Å². The molecule has 1 aliphatic rings. The maximum atomic E-state index is 13.1. The van der Waals surface area contributed by atoms with Crippen molar-refractivity contribution in [3.05, 3.63) is 88.4 Å². The van der Waals surface area contributed by atoms with Gasteiger partial charge in [0.2, 0.25) is 0 Å². The fourth-order valence-electron chi connectivity index (χ4n) is 4.05. The van der Waals surface area contributed by atoms with Crippen molar-refractivity contribution >= 4 is 58.4 Å². The van der Waals surface area contributed by atoms with Gasteiger partial charge in [0.25, 0.3) is 5.91 Å². The molecular formula is C28H27ClN4O4S. The number of hydrogen-bond donors (Lipinski definition) is 3. The van der Waals surface area contributed by atoms with Crippen LogP contribution in [0.5, 0.6) is 0 Å². The fourth-order valence-corrected chi connectivity index (χ4v) is 5.13. The zero-order chi connectivity index (χ0) is 27.1. The highest BCUT2D eigenvalue weighted by molar-refractivity contribution is 7.99. The molecule has 0 saturated heterocycles. The minimum atomic E-state index is -0.931. The third kappa shape index (κ3) is 6.73. The number of carbonyl (C=O) groups is 3. The predicted molar refractivity (Wildman–Crippen MR) is 152 cm³/mol. The molecule has 0 aromatic heterocycles. The summed E-state index contributed by atoms with van der Waals surface area (Å²) < 4.78 is 0. The van der Waals surface area contributed by atoms with E-state index in [1.165, 1.54) is 0 Å². The number of nitrogens with one attached hydrogen (secondary N) is 2. The number of carboxylic acids is 1. The Morgan fingerprint density at radius 2 is 1.87 bits per heavy atom. The molecule has 1 heterocycles. The molecule has 10 heteroatoms. The van der Waals surface area contributed by atoms with Gasteiger partial charge in [-0.3, -0.25) is 4.79 Å². The average molecular weight is 551 g/mol. The number of hydrogen-bond acceptors (Lipinski definition) is 5. The van der Waals surface area contributed by atoms with E-state index >= 15 is 0 Å². The lowest BCUT2D eigenvalue weighted by molar-refractivity contribution is -0.112. The summed E-state index contributed by atoms with van der Waals surface area (Å²) in [4.78, 5) is 39.2. The molecule has 0 radical (unpaired) electrons. The molecule has 3 aromatic rings. The van der Waals surface area contributed by atoms with Crippen LogP contribution < -0.4 is 15.6 Å². The van der Waals surface area contributed by atoms with Crippen LogP contribution in [0.2, 0.25) is 5.02 Å². The van der Waals surface area contributed by atoms with Gasteiger partial charge in [0.1, 0.15) is 0 Å². The Kier molecular flexibility index (Phi) is 9.04. The molecule has 0 saturated carbocycles. The molecule has 0 atom stereocenters. The van der Waals surface area contributed by atoms with Gasteiger partial charge in [0.05, 0.1) is 11.3 Å². The topological polar surface area (TPSA) is 111 Å². The van der Waals surface area contributed by atoms with Gasteiger partial charge in [0, 0.05) is 27.7 Å². The third-order valence-corrected chi connectivity index (χ3v) is 7.16. The Hall–Kier alpha value is -3.82. The Morgan fingerprint density at radius 1 is 1.08 bits per heavy atom. The number of anilines is 2. The van der Waals surface area contributed by atoms with Crippen LogP contribution in [-0.4, -0.2) is 41.0 Å². The third-order valence-electron chi connectivity index (χ3n) is 5.84. The molecule has 4 rings (SSSR count). The second kappa shape index (κ2) is 12.6. The summed E-state index contributed by atoms with van der Waals surface area (Å²) in [5.74, 6) is -0.338. The van der Waals surface area contributed by atoms with Crippen LogP contribution in [0.15, 0.2) is 76.7 Å². The van der Waals surface area contributed by atoms with E-state index in [1.54, 1.807) is 53.1 Å². The molecule has 8 nitrogen and oxygen atoms in total. The van der Waals surface area contributed by atoms with E-state index in [-0.39, 0.29) is 17.2 Å². The largest absolute Gasteiger partial charge is 0.478 e. The quantitative estimate of drug-likeness (QED) is 0.162. The average Bonchev–Trinajstić information content (AvgIpc) is 3.15. The van der Waals surface area contributed by atoms with E-state index in [4.69, 9.17) is 16.7 Å². The number of thioether (sulfide) groups is 1. The van der Waals surface area contributed by atoms with Crippen LogP contribution in [0.25, 0.3) is 0 Å². The van der Waals surface area contributed by atoms with Crippen LogP contribution in [0.1, 0.15) is 41.3 Å². The van der Waals surface area contributed by atoms with Gasteiger partial charge in [-0.05, 0) is 79.1 Å². The van der Waals surface area contributed by atoms with Crippen molar-refractivity contribution in [2.24, 2.45) is 5.10 Å². The first-order valence-corrected chi connectivity index (χ1v) is 13.5. The number of urea groups is 1. The Labute approximate surface area is 230 Å². The van der Waals surface area contributed by atoms with Gasteiger partial charge in [-0.25, -0.2) is 15.0 Å². The maximum absolute atomic E-state index is 13.1. The molecule has 0 bridgehead atoms. The molecule has 3 amide bonds. The number of carboxylic acid groups (broad SMARTS) is 1. The van der Waals surface area contributed by atoms with Crippen LogP contribution in [0.3, 0.4) is 0 Å². The van der Waals surface area contributed by atoms with Crippen LogP contribution in [0, 0.1) is 0 Å². The molecule has 0 unspecified atom stereocenters. The molecule has 0 aliphatic carbocycles. The first kappa shape index (κ1) is 27.2. The minimum Gasteiger partial charge on any atom is -0.478 e. The van der Waals surface area contributed by atoms with Crippen LogP contribution >= 0.6 is 23.4 Å². The standard InChI is InChI=1S/C28H27ClN4O4S/c1-2-14-33-24-13-12-22(38-15-4-5-18-8-10-19(11-9-18)27(35)36)17-23(24)25(26(33)34)31-32-28(37)30-21-7-3-6-20(29)16-21/h3,6-13,16-17H,2,4-5,14-15H2,1H3,(H,35,36)(H2,30,32,37)/b31-25-. The Bertz CT molecular complexity index is 1380. The molecule has 38 heavy (non-hydrogen) atoms. The number of rotatable bonds is 10. The van der Waals surface area contributed by atoms with E-state index in [1.807, 2.05) is 37.3 Å².